The number of aryl methyl sites for hydroxylation is 2. The van der Waals surface area contributed by atoms with Gasteiger partial charge in [-0.15, -0.1) is 0 Å². The molecule has 4 nitrogen and oxygen atoms in total. The molecule has 0 radical (unpaired) electrons. The Bertz CT molecular complexity index is 522. The molecule has 0 spiro atoms. The lowest BCUT2D eigenvalue weighted by Gasteiger charge is -2.13. The van der Waals surface area contributed by atoms with Crippen molar-refractivity contribution >= 4 is 0 Å². The number of rotatable bonds is 7. The highest BCUT2D eigenvalue weighted by Crippen LogP contribution is 2.15. The largest absolute Gasteiger partial charge is 0.494 e. The second kappa shape index (κ2) is 7.10. The van der Waals surface area contributed by atoms with Crippen LogP contribution in [0.5, 0.6) is 5.75 Å². The van der Waals surface area contributed by atoms with E-state index >= 15 is 0 Å². The van der Waals surface area contributed by atoms with Gasteiger partial charge in [-0.25, -0.2) is 0 Å². The summed E-state index contributed by atoms with van der Waals surface area (Å²) in [5.74, 6) is 0.934. The van der Waals surface area contributed by atoms with Crippen LogP contribution in [-0.2, 0) is 7.05 Å². The quantitative estimate of drug-likeness (QED) is 0.788. The van der Waals surface area contributed by atoms with Crippen LogP contribution < -0.4 is 10.1 Å². The number of nitrogens with zero attached hydrogens (tertiary/aromatic N) is 2. The molecule has 1 N–H and O–H groups in total. The van der Waals surface area contributed by atoms with Gasteiger partial charge in [-0.1, -0.05) is 18.2 Å². The Morgan fingerprint density at radius 3 is 2.70 bits per heavy atom. The van der Waals surface area contributed by atoms with E-state index in [-0.39, 0.29) is 0 Å². The average Bonchev–Trinajstić information content (AvgIpc) is 2.78. The third-order valence-electron chi connectivity index (χ3n) is 3.30. The molecule has 0 fully saturated rings. The maximum atomic E-state index is 5.66. The molecule has 0 aliphatic heterocycles. The Hall–Kier alpha value is -1.81. The summed E-state index contributed by atoms with van der Waals surface area (Å²) < 4.78 is 7.53. The van der Waals surface area contributed by atoms with Crippen LogP contribution in [0, 0.1) is 6.92 Å². The number of hydrogen-bond acceptors (Lipinski definition) is 3. The lowest BCUT2D eigenvalue weighted by molar-refractivity contribution is 0.305. The zero-order valence-electron chi connectivity index (χ0n) is 12.5. The predicted octanol–water partition coefficient (Wildman–Crippen LogP) is 2.85. The molecule has 0 aliphatic rings. The number of hydrogen-bond donors (Lipinski definition) is 1. The van der Waals surface area contributed by atoms with Gasteiger partial charge in [0.2, 0.25) is 0 Å². The van der Waals surface area contributed by atoms with Gasteiger partial charge in [-0.05, 0) is 38.9 Å². The van der Waals surface area contributed by atoms with Gasteiger partial charge in [0.1, 0.15) is 5.75 Å². The van der Waals surface area contributed by atoms with E-state index in [9.17, 15) is 0 Å². The molecule has 1 heterocycles. The fourth-order valence-corrected chi connectivity index (χ4v) is 2.25. The van der Waals surface area contributed by atoms with Gasteiger partial charge in [0, 0.05) is 24.8 Å². The molecule has 0 aliphatic carbocycles. The molecule has 1 unspecified atom stereocenters. The van der Waals surface area contributed by atoms with Crippen molar-refractivity contribution in [2.75, 3.05) is 13.2 Å². The summed E-state index contributed by atoms with van der Waals surface area (Å²) >= 11 is 0. The van der Waals surface area contributed by atoms with Crippen LogP contribution in [0.15, 0.2) is 36.5 Å². The third-order valence-corrected chi connectivity index (χ3v) is 3.30. The van der Waals surface area contributed by atoms with Crippen LogP contribution in [0.2, 0.25) is 0 Å². The molecule has 1 aromatic heterocycles. The van der Waals surface area contributed by atoms with Crippen molar-refractivity contribution in [3.05, 3.63) is 47.8 Å². The van der Waals surface area contributed by atoms with Crippen molar-refractivity contribution in [1.82, 2.24) is 15.1 Å². The molecule has 0 saturated carbocycles. The molecule has 20 heavy (non-hydrogen) atoms. The van der Waals surface area contributed by atoms with Crippen LogP contribution in [0.1, 0.15) is 30.6 Å². The topological polar surface area (TPSA) is 39.1 Å². The number of para-hydroxylation sites is 1. The van der Waals surface area contributed by atoms with Crippen LogP contribution in [0.4, 0.5) is 0 Å². The Kier molecular flexibility index (Phi) is 5.18. The molecule has 1 aromatic carbocycles. The van der Waals surface area contributed by atoms with Crippen LogP contribution >= 0.6 is 0 Å². The summed E-state index contributed by atoms with van der Waals surface area (Å²) in [5.41, 5.74) is 2.35. The Morgan fingerprint density at radius 1 is 1.30 bits per heavy atom. The highest BCUT2D eigenvalue weighted by atomic mass is 16.5. The summed E-state index contributed by atoms with van der Waals surface area (Å²) in [6.45, 7) is 5.88. The molecule has 0 bridgehead atoms. The standard InChI is InChI=1S/C16H23N3O/c1-13(16-12-19(3)18-14(16)2)17-10-7-11-20-15-8-5-4-6-9-15/h4-6,8-9,12-13,17H,7,10-11H2,1-3H3. The second-order valence-corrected chi connectivity index (χ2v) is 5.03. The first kappa shape index (κ1) is 14.6. The first-order chi connectivity index (χ1) is 9.66. The van der Waals surface area contributed by atoms with Gasteiger partial charge >= 0.3 is 0 Å². The Labute approximate surface area is 120 Å². The fourth-order valence-electron chi connectivity index (χ4n) is 2.25. The van der Waals surface area contributed by atoms with Gasteiger partial charge in [0.15, 0.2) is 0 Å². The molecule has 0 amide bonds. The SMILES string of the molecule is Cc1nn(C)cc1C(C)NCCCOc1ccccc1. The van der Waals surface area contributed by atoms with Crippen molar-refractivity contribution < 1.29 is 4.74 Å². The maximum Gasteiger partial charge on any atom is 0.119 e. The molecule has 0 saturated heterocycles. The fraction of sp³-hybridized carbons (Fsp3) is 0.438. The molecule has 4 heteroatoms. The van der Waals surface area contributed by atoms with Gasteiger partial charge in [-0.3, -0.25) is 4.68 Å². The summed E-state index contributed by atoms with van der Waals surface area (Å²) in [6.07, 6.45) is 3.06. The second-order valence-electron chi connectivity index (χ2n) is 5.03. The van der Waals surface area contributed by atoms with E-state index < -0.39 is 0 Å². The van der Waals surface area contributed by atoms with Gasteiger partial charge in [-0.2, -0.15) is 5.10 Å². The van der Waals surface area contributed by atoms with E-state index in [1.807, 2.05) is 49.0 Å². The maximum absolute atomic E-state index is 5.66. The molecular weight excluding hydrogens is 250 g/mol. The third kappa shape index (κ3) is 4.10. The van der Waals surface area contributed by atoms with Crippen molar-refractivity contribution in [3.63, 3.8) is 0 Å². The van der Waals surface area contributed by atoms with Crippen molar-refractivity contribution in [1.29, 1.82) is 0 Å². The lowest BCUT2D eigenvalue weighted by atomic mass is 10.1. The first-order valence-electron chi connectivity index (χ1n) is 7.08. The van der Waals surface area contributed by atoms with Crippen molar-refractivity contribution in [3.8, 4) is 5.75 Å². The normalized spacial score (nSPS) is 12.3. The highest BCUT2D eigenvalue weighted by molar-refractivity contribution is 5.21. The molecule has 2 rings (SSSR count). The molecule has 1 atom stereocenters. The zero-order chi connectivity index (χ0) is 14.4. The van der Waals surface area contributed by atoms with Gasteiger partial charge in [0.25, 0.3) is 0 Å². The lowest BCUT2D eigenvalue weighted by Crippen LogP contribution is -2.21. The van der Waals surface area contributed by atoms with Crippen LogP contribution in [-0.4, -0.2) is 22.9 Å². The van der Waals surface area contributed by atoms with E-state index in [0.29, 0.717) is 6.04 Å². The van der Waals surface area contributed by atoms with Crippen LogP contribution in [0.3, 0.4) is 0 Å². The Balaban J connectivity index is 1.67. The first-order valence-corrected chi connectivity index (χ1v) is 7.08. The minimum Gasteiger partial charge on any atom is -0.494 e. The van der Waals surface area contributed by atoms with E-state index in [2.05, 4.69) is 23.5 Å². The zero-order valence-corrected chi connectivity index (χ0v) is 12.5. The van der Waals surface area contributed by atoms with E-state index in [0.717, 1.165) is 31.0 Å². The number of nitrogens with one attached hydrogen (secondary N) is 1. The van der Waals surface area contributed by atoms with Crippen LogP contribution in [0.25, 0.3) is 0 Å². The van der Waals surface area contributed by atoms with Crippen molar-refractivity contribution in [2.24, 2.45) is 7.05 Å². The number of ether oxygens (including phenoxy) is 1. The molecular formula is C16H23N3O. The Morgan fingerprint density at radius 2 is 2.05 bits per heavy atom. The summed E-state index contributed by atoms with van der Waals surface area (Å²) in [6, 6.07) is 10.2. The van der Waals surface area contributed by atoms with E-state index in [1.165, 1.54) is 5.56 Å². The van der Waals surface area contributed by atoms with Crippen molar-refractivity contribution in [2.45, 2.75) is 26.3 Å². The van der Waals surface area contributed by atoms with Gasteiger partial charge in [0.05, 0.1) is 12.3 Å². The number of benzene rings is 1. The predicted molar refractivity (Wildman–Crippen MR) is 80.9 cm³/mol. The van der Waals surface area contributed by atoms with E-state index in [4.69, 9.17) is 4.74 Å². The monoisotopic (exact) mass is 273 g/mol. The average molecular weight is 273 g/mol. The minimum absolute atomic E-state index is 0.320. The summed E-state index contributed by atoms with van der Waals surface area (Å²) in [7, 11) is 1.96. The number of aromatic nitrogens is 2. The van der Waals surface area contributed by atoms with E-state index in [1.54, 1.807) is 0 Å². The smallest absolute Gasteiger partial charge is 0.119 e. The molecule has 2 aromatic rings. The highest BCUT2D eigenvalue weighted by Gasteiger charge is 2.10. The van der Waals surface area contributed by atoms with Gasteiger partial charge < -0.3 is 10.1 Å². The summed E-state index contributed by atoms with van der Waals surface area (Å²) in [5, 5.41) is 7.87. The molecule has 108 valence electrons. The summed E-state index contributed by atoms with van der Waals surface area (Å²) in [4.78, 5) is 0. The minimum atomic E-state index is 0.320.